The second kappa shape index (κ2) is 22.7. The highest BCUT2D eigenvalue weighted by molar-refractivity contribution is 5.85. The Labute approximate surface area is 202 Å². The molecule has 0 saturated heterocycles. The van der Waals surface area contributed by atoms with Gasteiger partial charge < -0.3 is 4.90 Å². The van der Waals surface area contributed by atoms with E-state index in [1.54, 1.807) is 0 Å². The summed E-state index contributed by atoms with van der Waals surface area (Å²) in [5, 5.41) is 0. The molecule has 182 valence electrons. The van der Waals surface area contributed by atoms with Crippen molar-refractivity contribution in [2.75, 3.05) is 14.1 Å². The molecular weight excluding hydrogens is 398 g/mol. The van der Waals surface area contributed by atoms with E-state index in [9.17, 15) is 0 Å². The first-order valence-corrected chi connectivity index (χ1v) is 13.5. The Hall–Kier alpha value is -0.530. The molecule has 1 atom stereocenters. The van der Waals surface area contributed by atoms with E-state index in [1.165, 1.54) is 128 Å². The van der Waals surface area contributed by atoms with Crippen LogP contribution in [0.25, 0.3) is 0 Å². The van der Waals surface area contributed by atoms with Crippen molar-refractivity contribution in [3.05, 3.63) is 35.9 Å². The van der Waals surface area contributed by atoms with E-state index in [1.807, 2.05) is 0 Å². The van der Waals surface area contributed by atoms with E-state index in [-0.39, 0.29) is 12.4 Å². The van der Waals surface area contributed by atoms with Crippen molar-refractivity contribution in [1.82, 2.24) is 4.90 Å². The van der Waals surface area contributed by atoms with Gasteiger partial charge in [0.05, 0.1) is 0 Å². The zero-order valence-corrected chi connectivity index (χ0v) is 22.1. The molecule has 0 radical (unpaired) electrons. The molecule has 0 fully saturated rings. The highest BCUT2D eigenvalue weighted by Crippen LogP contribution is 2.24. The minimum absolute atomic E-state index is 0. The molecule has 0 saturated carbocycles. The lowest BCUT2D eigenvalue weighted by molar-refractivity contribution is 0.276. The van der Waals surface area contributed by atoms with E-state index in [4.69, 9.17) is 0 Å². The van der Waals surface area contributed by atoms with Crippen LogP contribution in [0.15, 0.2) is 30.3 Å². The number of rotatable bonds is 21. The van der Waals surface area contributed by atoms with Gasteiger partial charge >= 0.3 is 0 Å². The average Bonchev–Trinajstić information content (AvgIpc) is 2.76. The van der Waals surface area contributed by atoms with E-state index >= 15 is 0 Å². The Morgan fingerprint density at radius 3 is 1.26 bits per heavy atom. The van der Waals surface area contributed by atoms with Crippen LogP contribution in [-0.2, 0) is 0 Å². The van der Waals surface area contributed by atoms with Crippen LogP contribution in [0.5, 0.6) is 0 Å². The smallest absolute Gasteiger partial charge is 0.0342 e. The van der Waals surface area contributed by atoms with Crippen molar-refractivity contribution in [2.24, 2.45) is 0 Å². The lowest BCUT2D eigenvalue weighted by Crippen LogP contribution is -2.19. The minimum Gasteiger partial charge on any atom is -0.302 e. The molecule has 1 nitrogen and oxygen atoms in total. The van der Waals surface area contributed by atoms with E-state index in [2.05, 4.69) is 56.3 Å². The fourth-order valence-corrected chi connectivity index (χ4v) is 4.64. The van der Waals surface area contributed by atoms with Gasteiger partial charge in [-0.1, -0.05) is 153 Å². The van der Waals surface area contributed by atoms with Gasteiger partial charge in [-0.05, 0) is 26.1 Å². The van der Waals surface area contributed by atoms with Crippen molar-refractivity contribution < 1.29 is 0 Å². The summed E-state index contributed by atoms with van der Waals surface area (Å²) in [5.41, 5.74) is 1.47. The van der Waals surface area contributed by atoms with Crippen molar-refractivity contribution >= 4 is 12.4 Å². The molecule has 0 amide bonds. The first kappa shape index (κ1) is 30.5. The molecule has 0 aliphatic carbocycles. The molecule has 1 aromatic rings. The van der Waals surface area contributed by atoms with Gasteiger partial charge in [-0.3, -0.25) is 0 Å². The van der Waals surface area contributed by atoms with Gasteiger partial charge in [-0.2, -0.15) is 0 Å². The molecule has 1 unspecified atom stereocenters. The highest BCUT2D eigenvalue weighted by atomic mass is 35.5. The molecule has 0 aromatic heterocycles. The summed E-state index contributed by atoms with van der Waals surface area (Å²) in [6, 6.07) is 11.6. The molecule has 0 bridgehead atoms. The van der Waals surface area contributed by atoms with Gasteiger partial charge in [0, 0.05) is 6.04 Å². The topological polar surface area (TPSA) is 3.24 Å². The van der Waals surface area contributed by atoms with Crippen LogP contribution in [-0.4, -0.2) is 19.0 Å². The third-order valence-electron chi connectivity index (χ3n) is 6.64. The van der Waals surface area contributed by atoms with Crippen LogP contribution in [0.2, 0.25) is 0 Å². The zero-order chi connectivity index (χ0) is 21.7. The monoisotopic (exact) mass is 451 g/mol. The number of nitrogens with zero attached hydrogens (tertiary/aromatic N) is 1. The van der Waals surface area contributed by atoms with Gasteiger partial charge in [0.15, 0.2) is 0 Å². The minimum atomic E-state index is 0. The summed E-state index contributed by atoms with van der Waals surface area (Å²) < 4.78 is 0. The zero-order valence-electron chi connectivity index (χ0n) is 21.3. The molecule has 0 spiro atoms. The summed E-state index contributed by atoms with van der Waals surface area (Å²) in [5.74, 6) is 0. The number of halogens is 1. The van der Waals surface area contributed by atoms with Gasteiger partial charge in [0.2, 0.25) is 0 Å². The fourth-order valence-electron chi connectivity index (χ4n) is 4.64. The molecule has 1 aromatic carbocycles. The Kier molecular flexibility index (Phi) is 22.3. The van der Waals surface area contributed by atoms with Crippen LogP contribution in [0.3, 0.4) is 0 Å². The van der Waals surface area contributed by atoms with Gasteiger partial charge in [0.25, 0.3) is 0 Å². The molecular formula is C29H54ClN. The first-order valence-electron chi connectivity index (χ1n) is 13.5. The van der Waals surface area contributed by atoms with Crippen LogP contribution in [0.1, 0.15) is 141 Å². The maximum atomic E-state index is 2.38. The molecule has 31 heavy (non-hydrogen) atoms. The summed E-state index contributed by atoms with van der Waals surface area (Å²) in [6.45, 7) is 2.30. The summed E-state index contributed by atoms with van der Waals surface area (Å²) >= 11 is 0. The number of hydrogen-bond acceptors (Lipinski definition) is 1. The van der Waals surface area contributed by atoms with Crippen molar-refractivity contribution in [2.45, 2.75) is 135 Å². The maximum absolute atomic E-state index is 2.38. The van der Waals surface area contributed by atoms with Gasteiger partial charge in [0.1, 0.15) is 0 Å². The maximum Gasteiger partial charge on any atom is 0.0342 e. The predicted octanol–water partition coefficient (Wildman–Crippen LogP) is 10.1. The van der Waals surface area contributed by atoms with Crippen LogP contribution < -0.4 is 0 Å². The predicted molar refractivity (Wildman–Crippen MR) is 144 cm³/mol. The van der Waals surface area contributed by atoms with Crippen molar-refractivity contribution in [3.63, 3.8) is 0 Å². The SMILES string of the molecule is CCCCCCCCCCCCCCCCCCCCC(c1ccccc1)N(C)C.Cl. The Bertz CT molecular complexity index is 459. The lowest BCUT2D eigenvalue weighted by atomic mass is 9.98. The standard InChI is InChI=1S/C29H53N.ClH/c1-4-5-6-7-8-9-10-11-12-13-14-15-16-17-18-19-20-24-27-29(30(2)3)28-25-22-21-23-26-28;/h21-23,25-26,29H,4-20,24,27H2,1-3H3;1H. The highest BCUT2D eigenvalue weighted by Gasteiger charge is 2.12. The molecule has 0 aliphatic heterocycles. The van der Waals surface area contributed by atoms with Crippen LogP contribution >= 0.6 is 12.4 Å². The quantitative estimate of drug-likeness (QED) is 0.168. The normalized spacial score (nSPS) is 12.1. The van der Waals surface area contributed by atoms with Crippen LogP contribution in [0, 0.1) is 0 Å². The Morgan fingerprint density at radius 2 is 0.903 bits per heavy atom. The molecule has 0 N–H and O–H groups in total. The fraction of sp³-hybridized carbons (Fsp3) is 0.793. The average molecular weight is 452 g/mol. The second-order valence-electron chi connectivity index (χ2n) is 9.69. The number of benzene rings is 1. The summed E-state index contributed by atoms with van der Waals surface area (Å²) in [6.07, 6.45) is 27.3. The molecule has 0 aliphatic rings. The Balaban J connectivity index is 0.00000900. The first-order chi connectivity index (χ1) is 14.8. The second-order valence-corrected chi connectivity index (χ2v) is 9.69. The third-order valence-corrected chi connectivity index (χ3v) is 6.64. The van der Waals surface area contributed by atoms with Crippen molar-refractivity contribution in [1.29, 1.82) is 0 Å². The molecule has 1 rings (SSSR count). The van der Waals surface area contributed by atoms with Crippen molar-refractivity contribution in [3.8, 4) is 0 Å². The van der Waals surface area contributed by atoms with E-state index in [0.717, 1.165) is 0 Å². The molecule has 0 heterocycles. The van der Waals surface area contributed by atoms with Gasteiger partial charge in [-0.25, -0.2) is 0 Å². The molecule has 2 heteroatoms. The lowest BCUT2D eigenvalue weighted by Gasteiger charge is -2.24. The number of unbranched alkanes of at least 4 members (excludes halogenated alkanes) is 17. The van der Waals surface area contributed by atoms with Crippen LogP contribution in [0.4, 0.5) is 0 Å². The largest absolute Gasteiger partial charge is 0.302 e. The van der Waals surface area contributed by atoms with Gasteiger partial charge in [-0.15, -0.1) is 12.4 Å². The Morgan fingerprint density at radius 1 is 0.548 bits per heavy atom. The van der Waals surface area contributed by atoms with E-state index < -0.39 is 0 Å². The number of hydrogen-bond donors (Lipinski definition) is 0. The van der Waals surface area contributed by atoms with E-state index in [0.29, 0.717) is 6.04 Å². The third kappa shape index (κ3) is 17.7. The summed E-state index contributed by atoms with van der Waals surface area (Å²) in [7, 11) is 4.43. The summed E-state index contributed by atoms with van der Waals surface area (Å²) in [4.78, 5) is 2.38.